The second-order valence-corrected chi connectivity index (χ2v) is 3.86. The fourth-order valence-electron chi connectivity index (χ4n) is 0.776. The van der Waals surface area contributed by atoms with Crippen molar-refractivity contribution in [2.24, 2.45) is 0 Å². The monoisotopic (exact) mass is 232 g/mol. The Morgan fingerprint density at radius 2 is 2.27 bits per heavy atom. The highest BCUT2D eigenvalue weighted by Gasteiger charge is 2.11. The van der Waals surface area contributed by atoms with E-state index in [0.29, 0.717) is 5.89 Å². The lowest BCUT2D eigenvalue weighted by molar-refractivity contribution is -0.126. The second kappa shape index (κ2) is 4.97. The number of anilines is 1. The summed E-state index contributed by atoms with van der Waals surface area (Å²) in [5.41, 5.74) is 0. The largest absolute Gasteiger partial charge is 0.406 e. The van der Waals surface area contributed by atoms with Gasteiger partial charge in [-0.1, -0.05) is 5.10 Å². The first-order valence-corrected chi connectivity index (χ1v) is 4.86. The van der Waals surface area contributed by atoms with Crippen molar-refractivity contribution in [3.05, 3.63) is 5.89 Å². The number of hydrogen-bond acceptors (Lipinski definition) is 5. The van der Waals surface area contributed by atoms with Crippen LogP contribution in [0.2, 0.25) is 0 Å². The molecule has 0 saturated heterocycles. The maximum Gasteiger partial charge on any atom is 0.315 e. The Bertz CT molecular complexity index is 337. The zero-order valence-electron chi connectivity index (χ0n) is 8.82. The molecule has 0 saturated carbocycles. The minimum Gasteiger partial charge on any atom is -0.406 e. The number of aromatic nitrogens is 2. The number of alkyl halides is 1. The van der Waals surface area contributed by atoms with Gasteiger partial charge in [0.15, 0.2) is 0 Å². The maximum atomic E-state index is 11.2. The van der Waals surface area contributed by atoms with E-state index in [2.05, 4.69) is 15.5 Å². The average Bonchev–Trinajstić information content (AvgIpc) is 2.62. The number of rotatable bonds is 4. The Balaban J connectivity index is 2.48. The zero-order valence-corrected chi connectivity index (χ0v) is 9.58. The number of carbonyl (C=O) groups excluding carboxylic acids is 1. The van der Waals surface area contributed by atoms with Crippen molar-refractivity contribution in [1.82, 2.24) is 15.1 Å². The molecule has 0 aromatic carbocycles. The molecule has 0 bridgehead atoms. The predicted octanol–water partition coefficient (Wildman–Crippen LogP) is 0.869. The third kappa shape index (κ3) is 3.39. The van der Waals surface area contributed by atoms with Crippen molar-refractivity contribution in [2.75, 3.05) is 26.0 Å². The van der Waals surface area contributed by atoms with Crippen LogP contribution in [0.25, 0.3) is 0 Å². The van der Waals surface area contributed by atoms with E-state index in [0.717, 1.165) is 0 Å². The highest BCUT2D eigenvalue weighted by molar-refractivity contribution is 6.20. The van der Waals surface area contributed by atoms with Crippen molar-refractivity contribution in [1.29, 1.82) is 0 Å². The lowest BCUT2D eigenvalue weighted by Gasteiger charge is -2.09. The van der Waals surface area contributed by atoms with Crippen LogP contribution in [0.15, 0.2) is 4.42 Å². The van der Waals surface area contributed by atoms with E-state index in [4.69, 9.17) is 16.0 Å². The number of halogens is 1. The minimum atomic E-state index is -0.336. The standard InChI is InChI=1S/C8H13ClN4O2/c1-5(9)7-11-12-8(15-7)10-4-6(14)13(2)3/h5H,4H2,1-3H3,(H,10,12). The third-order valence-corrected chi connectivity index (χ3v) is 1.86. The first-order chi connectivity index (χ1) is 7.00. The molecule has 0 aliphatic carbocycles. The molecule has 1 rings (SSSR count). The van der Waals surface area contributed by atoms with Gasteiger partial charge >= 0.3 is 6.01 Å². The first-order valence-electron chi connectivity index (χ1n) is 4.42. The first kappa shape index (κ1) is 11.8. The summed E-state index contributed by atoms with van der Waals surface area (Å²) in [6.07, 6.45) is 0. The van der Waals surface area contributed by atoms with E-state index in [-0.39, 0.29) is 23.8 Å². The summed E-state index contributed by atoms with van der Waals surface area (Å²) in [6.45, 7) is 1.84. The van der Waals surface area contributed by atoms with Crippen LogP contribution >= 0.6 is 11.6 Å². The molecule has 1 aromatic heterocycles. The molecule has 6 nitrogen and oxygen atoms in total. The fourth-order valence-corrected chi connectivity index (χ4v) is 0.864. The van der Waals surface area contributed by atoms with Crippen LogP contribution in [-0.4, -0.2) is 41.6 Å². The van der Waals surface area contributed by atoms with Gasteiger partial charge < -0.3 is 14.6 Å². The lowest BCUT2D eigenvalue weighted by atomic mass is 10.5. The molecule has 1 atom stereocenters. The number of amides is 1. The zero-order chi connectivity index (χ0) is 11.4. The van der Waals surface area contributed by atoms with Crippen molar-refractivity contribution < 1.29 is 9.21 Å². The Hall–Kier alpha value is -1.30. The van der Waals surface area contributed by atoms with Gasteiger partial charge in [0, 0.05) is 14.1 Å². The smallest absolute Gasteiger partial charge is 0.315 e. The van der Waals surface area contributed by atoms with Crippen molar-refractivity contribution >= 4 is 23.5 Å². The van der Waals surface area contributed by atoms with Crippen molar-refractivity contribution in [3.63, 3.8) is 0 Å². The highest BCUT2D eigenvalue weighted by Crippen LogP contribution is 2.18. The third-order valence-electron chi connectivity index (χ3n) is 1.67. The highest BCUT2D eigenvalue weighted by atomic mass is 35.5. The number of hydrogen-bond donors (Lipinski definition) is 1. The van der Waals surface area contributed by atoms with E-state index >= 15 is 0 Å². The summed E-state index contributed by atoms with van der Waals surface area (Å²) in [5.74, 6) is 0.255. The number of nitrogens with one attached hydrogen (secondary N) is 1. The van der Waals surface area contributed by atoms with Gasteiger partial charge in [-0.3, -0.25) is 4.79 Å². The molecule has 1 unspecified atom stereocenters. The molecule has 7 heteroatoms. The molecule has 15 heavy (non-hydrogen) atoms. The maximum absolute atomic E-state index is 11.2. The molecule has 1 aromatic rings. The minimum absolute atomic E-state index is 0.0753. The summed E-state index contributed by atoms with van der Waals surface area (Å²) in [4.78, 5) is 12.7. The molecular weight excluding hydrogens is 220 g/mol. The van der Waals surface area contributed by atoms with Gasteiger partial charge in [-0.25, -0.2) is 0 Å². The van der Waals surface area contributed by atoms with Crippen LogP contribution in [0, 0.1) is 0 Å². The van der Waals surface area contributed by atoms with E-state index < -0.39 is 0 Å². The van der Waals surface area contributed by atoms with Gasteiger partial charge in [0.25, 0.3) is 0 Å². The predicted molar refractivity (Wildman–Crippen MR) is 55.7 cm³/mol. The molecule has 0 aliphatic rings. The Kier molecular flexibility index (Phi) is 3.90. The van der Waals surface area contributed by atoms with Crippen LogP contribution in [0.1, 0.15) is 18.2 Å². The Morgan fingerprint density at radius 3 is 2.73 bits per heavy atom. The van der Waals surface area contributed by atoms with Gasteiger partial charge in [-0.05, 0) is 6.92 Å². The summed E-state index contributed by atoms with van der Waals surface area (Å²) in [7, 11) is 3.34. The van der Waals surface area contributed by atoms with Crippen LogP contribution in [0.4, 0.5) is 6.01 Å². The average molecular weight is 233 g/mol. The SMILES string of the molecule is CC(Cl)c1nnc(NCC(=O)N(C)C)o1. The molecular formula is C8H13ClN4O2. The molecule has 0 fully saturated rings. The topological polar surface area (TPSA) is 71.3 Å². The van der Waals surface area contributed by atoms with Gasteiger partial charge in [-0.15, -0.1) is 16.7 Å². The molecule has 0 aliphatic heterocycles. The lowest BCUT2D eigenvalue weighted by Crippen LogP contribution is -2.28. The molecule has 0 radical (unpaired) electrons. The fraction of sp³-hybridized carbons (Fsp3) is 0.625. The van der Waals surface area contributed by atoms with E-state index in [9.17, 15) is 4.79 Å². The quantitative estimate of drug-likeness (QED) is 0.780. The van der Waals surface area contributed by atoms with Crippen LogP contribution in [0.3, 0.4) is 0 Å². The van der Waals surface area contributed by atoms with E-state index in [1.165, 1.54) is 4.90 Å². The van der Waals surface area contributed by atoms with Gasteiger partial charge in [0.1, 0.15) is 5.38 Å². The molecule has 84 valence electrons. The van der Waals surface area contributed by atoms with Gasteiger partial charge in [0.05, 0.1) is 6.54 Å². The number of nitrogens with zero attached hydrogens (tertiary/aromatic N) is 3. The summed E-state index contributed by atoms with van der Waals surface area (Å²) >= 11 is 5.73. The number of carbonyl (C=O) groups is 1. The summed E-state index contributed by atoms with van der Waals surface area (Å²) < 4.78 is 5.14. The van der Waals surface area contributed by atoms with E-state index in [1.54, 1.807) is 21.0 Å². The Morgan fingerprint density at radius 1 is 1.60 bits per heavy atom. The van der Waals surface area contributed by atoms with Crippen LogP contribution < -0.4 is 5.32 Å². The normalized spacial score (nSPS) is 12.3. The molecule has 0 spiro atoms. The van der Waals surface area contributed by atoms with Gasteiger partial charge in [-0.2, -0.15) is 0 Å². The van der Waals surface area contributed by atoms with Crippen LogP contribution in [-0.2, 0) is 4.79 Å². The number of likely N-dealkylation sites (N-methyl/N-ethyl adjacent to an activating group) is 1. The summed E-state index contributed by atoms with van der Waals surface area (Å²) in [5, 5.41) is 9.76. The van der Waals surface area contributed by atoms with E-state index in [1.807, 2.05) is 0 Å². The molecule has 1 heterocycles. The Labute approximate surface area is 92.6 Å². The molecule has 1 N–H and O–H groups in total. The molecule has 1 amide bonds. The second-order valence-electron chi connectivity index (χ2n) is 3.20. The van der Waals surface area contributed by atoms with Crippen LogP contribution in [0.5, 0.6) is 0 Å². The summed E-state index contributed by atoms with van der Waals surface area (Å²) in [6, 6.07) is 0.202. The van der Waals surface area contributed by atoms with Gasteiger partial charge in [0.2, 0.25) is 11.8 Å². The van der Waals surface area contributed by atoms with Crippen molar-refractivity contribution in [2.45, 2.75) is 12.3 Å². The van der Waals surface area contributed by atoms with Crippen molar-refractivity contribution in [3.8, 4) is 0 Å².